The summed E-state index contributed by atoms with van der Waals surface area (Å²) in [5.41, 5.74) is 1.37. The molecular formula is C8H7BrClF. The number of hydrogen-bond donors (Lipinski definition) is 0. The molecule has 11 heavy (non-hydrogen) atoms. The highest BCUT2D eigenvalue weighted by atomic mass is 79.9. The van der Waals surface area contributed by atoms with E-state index in [1.54, 1.807) is 6.07 Å². The van der Waals surface area contributed by atoms with E-state index in [4.69, 9.17) is 11.6 Å². The predicted octanol–water partition coefficient (Wildman–Crippen LogP) is 3.68. The molecule has 0 amide bonds. The van der Waals surface area contributed by atoms with Gasteiger partial charge in [0.2, 0.25) is 0 Å². The standard InChI is InChI=1S/C8H7BrClF/c1-5-2-7(10)6(4-9)8(11)3-5/h2-3H,4H2,1H3. The zero-order valence-electron chi connectivity index (χ0n) is 6.00. The van der Waals surface area contributed by atoms with Crippen LogP contribution in [0.4, 0.5) is 4.39 Å². The van der Waals surface area contributed by atoms with Crippen molar-refractivity contribution >= 4 is 27.5 Å². The van der Waals surface area contributed by atoms with Gasteiger partial charge in [-0.15, -0.1) is 0 Å². The highest BCUT2D eigenvalue weighted by Crippen LogP contribution is 2.23. The first kappa shape index (κ1) is 9.01. The van der Waals surface area contributed by atoms with Crippen LogP contribution in [0.1, 0.15) is 11.1 Å². The molecule has 0 bridgehead atoms. The minimum Gasteiger partial charge on any atom is -0.207 e. The molecule has 3 heteroatoms. The Morgan fingerprint density at radius 3 is 2.64 bits per heavy atom. The second-order valence-corrected chi connectivity index (χ2v) is 3.31. The molecule has 0 aliphatic carbocycles. The first-order valence-corrected chi connectivity index (χ1v) is 4.65. The van der Waals surface area contributed by atoms with Gasteiger partial charge in [-0.1, -0.05) is 27.5 Å². The van der Waals surface area contributed by atoms with Gasteiger partial charge in [0.15, 0.2) is 0 Å². The van der Waals surface area contributed by atoms with Crippen LogP contribution in [0, 0.1) is 12.7 Å². The van der Waals surface area contributed by atoms with Gasteiger partial charge in [-0.3, -0.25) is 0 Å². The molecule has 0 spiro atoms. The maximum atomic E-state index is 13.0. The summed E-state index contributed by atoms with van der Waals surface area (Å²) in [6, 6.07) is 3.23. The smallest absolute Gasteiger partial charge is 0.129 e. The lowest BCUT2D eigenvalue weighted by Gasteiger charge is -2.02. The fourth-order valence-corrected chi connectivity index (χ4v) is 1.92. The molecular weight excluding hydrogens is 230 g/mol. The van der Waals surface area contributed by atoms with Crippen LogP contribution >= 0.6 is 27.5 Å². The van der Waals surface area contributed by atoms with Gasteiger partial charge in [-0.05, 0) is 24.6 Å². The minimum absolute atomic E-state index is 0.244. The van der Waals surface area contributed by atoms with E-state index in [9.17, 15) is 4.39 Å². The van der Waals surface area contributed by atoms with Crippen molar-refractivity contribution in [3.05, 3.63) is 34.1 Å². The molecule has 1 aromatic rings. The van der Waals surface area contributed by atoms with E-state index in [2.05, 4.69) is 15.9 Å². The summed E-state index contributed by atoms with van der Waals surface area (Å²) in [5.74, 6) is -0.244. The van der Waals surface area contributed by atoms with Gasteiger partial charge < -0.3 is 0 Å². The SMILES string of the molecule is Cc1cc(F)c(CBr)c(Cl)c1. The Balaban J connectivity index is 3.25. The summed E-state index contributed by atoms with van der Waals surface area (Å²) in [7, 11) is 0. The molecule has 0 aliphatic rings. The quantitative estimate of drug-likeness (QED) is 0.654. The first-order chi connectivity index (χ1) is 5.15. The van der Waals surface area contributed by atoms with Crippen molar-refractivity contribution in [3.8, 4) is 0 Å². The lowest BCUT2D eigenvalue weighted by atomic mass is 10.1. The Labute approximate surface area is 78.5 Å². The van der Waals surface area contributed by atoms with E-state index in [1.165, 1.54) is 6.07 Å². The van der Waals surface area contributed by atoms with Crippen LogP contribution in [0.25, 0.3) is 0 Å². The summed E-state index contributed by atoms with van der Waals surface area (Å²) in [4.78, 5) is 0. The lowest BCUT2D eigenvalue weighted by Crippen LogP contribution is -1.88. The largest absolute Gasteiger partial charge is 0.207 e. The Hall–Kier alpha value is -0.0800. The molecule has 0 nitrogen and oxygen atoms in total. The number of benzene rings is 1. The van der Waals surface area contributed by atoms with E-state index in [-0.39, 0.29) is 5.82 Å². The third kappa shape index (κ3) is 1.94. The van der Waals surface area contributed by atoms with Gasteiger partial charge in [0.05, 0.1) is 0 Å². The van der Waals surface area contributed by atoms with Gasteiger partial charge >= 0.3 is 0 Å². The van der Waals surface area contributed by atoms with Crippen LogP contribution in [0.2, 0.25) is 5.02 Å². The van der Waals surface area contributed by atoms with Crippen LogP contribution < -0.4 is 0 Å². The van der Waals surface area contributed by atoms with Crippen molar-refractivity contribution in [1.82, 2.24) is 0 Å². The van der Waals surface area contributed by atoms with Crippen LogP contribution in [0.5, 0.6) is 0 Å². The summed E-state index contributed by atoms with van der Waals surface area (Å²) < 4.78 is 13.0. The van der Waals surface area contributed by atoms with Crippen molar-refractivity contribution in [2.75, 3.05) is 0 Å². The van der Waals surface area contributed by atoms with Crippen LogP contribution in [0.15, 0.2) is 12.1 Å². The molecule has 0 fully saturated rings. The Bertz CT molecular complexity index is 250. The molecule has 0 aliphatic heterocycles. The van der Waals surface area contributed by atoms with E-state index in [0.717, 1.165) is 5.56 Å². The highest BCUT2D eigenvalue weighted by molar-refractivity contribution is 9.08. The van der Waals surface area contributed by atoms with E-state index < -0.39 is 0 Å². The van der Waals surface area contributed by atoms with Gasteiger partial charge in [0.25, 0.3) is 0 Å². The first-order valence-electron chi connectivity index (χ1n) is 3.15. The predicted molar refractivity (Wildman–Crippen MR) is 48.8 cm³/mol. The number of halogens is 3. The van der Waals surface area contributed by atoms with Crippen molar-refractivity contribution in [3.63, 3.8) is 0 Å². The molecule has 0 aromatic heterocycles. The molecule has 0 saturated heterocycles. The maximum absolute atomic E-state index is 13.0. The molecule has 0 unspecified atom stereocenters. The monoisotopic (exact) mass is 236 g/mol. The number of aryl methyl sites for hydroxylation is 1. The third-order valence-electron chi connectivity index (χ3n) is 1.42. The average molecular weight is 237 g/mol. The zero-order chi connectivity index (χ0) is 8.43. The number of alkyl halides is 1. The van der Waals surface area contributed by atoms with Crippen molar-refractivity contribution in [2.45, 2.75) is 12.3 Å². The molecule has 60 valence electrons. The number of hydrogen-bond acceptors (Lipinski definition) is 0. The molecule has 0 radical (unpaired) electrons. The maximum Gasteiger partial charge on any atom is 0.129 e. The minimum atomic E-state index is -0.244. The normalized spacial score (nSPS) is 10.2. The fraction of sp³-hybridized carbons (Fsp3) is 0.250. The second kappa shape index (κ2) is 3.55. The lowest BCUT2D eigenvalue weighted by molar-refractivity contribution is 0.616. The molecule has 0 atom stereocenters. The van der Waals surface area contributed by atoms with Gasteiger partial charge in [-0.2, -0.15) is 0 Å². The summed E-state index contributed by atoms with van der Waals surface area (Å²) in [6.45, 7) is 1.81. The summed E-state index contributed by atoms with van der Waals surface area (Å²) in [6.07, 6.45) is 0. The van der Waals surface area contributed by atoms with Gasteiger partial charge in [0.1, 0.15) is 5.82 Å². The summed E-state index contributed by atoms with van der Waals surface area (Å²) in [5, 5.41) is 0.942. The highest BCUT2D eigenvalue weighted by Gasteiger charge is 2.05. The van der Waals surface area contributed by atoms with Gasteiger partial charge in [0, 0.05) is 15.9 Å². The third-order valence-corrected chi connectivity index (χ3v) is 2.32. The van der Waals surface area contributed by atoms with Crippen LogP contribution in [0.3, 0.4) is 0 Å². The van der Waals surface area contributed by atoms with Crippen molar-refractivity contribution in [1.29, 1.82) is 0 Å². The average Bonchev–Trinajstić information content (AvgIpc) is 1.85. The molecule has 1 aromatic carbocycles. The van der Waals surface area contributed by atoms with E-state index >= 15 is 0 Å². The van der Waals surface area contributed by atoms with Gasteiger partial charge in [-0.25, -0.2) is 4.39 Å². The fourth-order valence-electron chi connectivity index (χ4n) is 0.857. The van der Waals surface area contributed by atoms with Crippen LogP contribution in [-0.2, 0) is 5.33 Å². The Kier molecular flexibility index (Phi) is 2.90. The number of rotatable bonds is 1. The van der Waals surface area contributed by atoms with Crippen LogP contribution in [-0.4, -0.2) is 0 Å². The molecule has 0 N–H and O–H groups in total. The molecule has 1 rings (SSSR count). The van der Waals surface area contributed by atoms with E-state index in [1.807, 2.05) is 6.92 Å². The molecule has 0 heterocycles. The van der Waals surface area contributed by atoms with Crippen molar-refractivity contribution < 1.29 is 4.39 Å². The van der Waals surface area contributed by atoms with E-state index in [0.29, 0.717) is 15.9 Å². The topological polar surface area (TPSA) is 0 Å². The Morgan fingerprint density at radius 1 is 1.55 bits per heavy atom. The Morgan fingerprint density at radius 2 is 2.18 bits per heavy atom. The summed E-state index contributed by atoms with van der Waals surface area (Å²) >= 11 is 8.92. The second-order valence-electron chi connectivity index (χ2n) is 2.34. The molecule has 0 saturated carbocycles. The zero-order valence-corrected chi connectivity index (χ0v) is 8.34. The van der Waals surface area contributed by atoms with Crippen molar-refractivity contribution in [2.24, 2.45) is 0 Å².